The first-order chi connectivity index (χ1) is 22.9. The van der Waals surface area contributed by atoms with Gasteiger partial charge in [0.15, 0.2) is 11.5 Å². The van der Waals surface area contributed by atoms with Crippen LogP contribution in [0.5, 0.6) is 5.75 Å². The Balaban J connectivity index is 1.72. The van der Waals surface area contributed by atoms with Crippen LogP contribution in [0.25, 0.3) is 5.69 Å². The fourth-order valence-corrected chi connectivity index (χ4v) is 6.49. The summed E-state index contributed by atoms with van der Waals surface area (Å²) in [4.78, 5) is 14.1. The van der Waals surface area contributed by atoms with Gasteiger partial charge in [-0.25, -0.2) is 10.1 Å². The summed E-state index contributed by atoms with van der Waals surface area (Å²) in [6.45, 7) is 4.44. The maximum absolute atomic E-state index is 14.1. The van der Waals surface area contributed by atoms with Crippen LogP contribution in [0.15, 0.2) is 81.8 Å². The van der Waals surface area contributed by atoms with Crippen molar-refractivity contribution in [2.24, 2.45) is 10.2 Å². The fraction of sp³-hybridized carbons (Fsp3) is 0.417. The molecule has 0 radical (unpaired) electrons. The van der Waals surface area contributed by atoms with Crippen molar-refractivity contribution >= 4 is 57.7 Å². The molecule has 252 valence electrons. The van der Waals surface area contributed by atoms with E-state index in [4.69, 9.17) is 39.5 Å². The summed E-state index contributed by atoms with van der Waals surface area (Å²) in [6.07, 6.45) is 13.0. The lowest BCUT2D eigenvalue weighted by Gasteiger charge is -2.30. The Bertz CT molecular complexity index is 1600. The van der Waals surface area contributed by atoms with Gasteiger partial charge < -0.3 is 4.74 Å². The number of hydrogen-bond donors (Lipinski definition) is 2. The SMILES string of the molecule is CCCCCCCCCCC(CCC)NN(c1ccccc1)c1[nH]n(-c2c(Cl)cc(Cl)cc2Cl)c(=O)c1N=Nc1ccc(OC)cc1. The normalized spacial score (nSPS) is 12.1. The molecule has 0 fully saturated rings. The number of aromatic amines is 1. The Hall–Kier alpha value is -3.30. The third-order valence-electron chi connectivity index (χ3n) is 7.98. The van der Waals surface area contributed by atoms with Gasteiger partial charge in [0.25, 0.3) is 0 Å². The number of unbranched alkanes of at least 4 members (excludes halogenated alkanes) is 7. The van der Waals surface area contributed by atoms with Crippen LogP contribution in [0, 0.1) is 0 Å². The summed E-state index contributed by atoms with van der Waals surface area (Å²) in [5, 5.41) is 14.9. The molecule has 8 nitrogen and oxygen atoms in total. The van der Waals surface area contributed by atoms with Crippen molar-refractivity contribution < 1.29 is 4.74 Å². The maximum Gasteiger partial charge on any atom is 0.301 e. The van der Waals surface area contributed by atoms with Crippen molar-refractivity contribution in [3.05, 3.63) is 92.2 Å². The Morgan fingerprint density at radius 3 is 2.09 bits per heavy atom. The van der Waals surface area contributed by atoms with Crippen LogP contribution in [0.4, 0.5) is 22.9 Å². The minimum atomic E-state index is -0.471. The Labute approximate surface area is 293 Å². The van der Waals surface area contributed by atoms with Gasteiger partial charge in [0, 0.05) is 11.1 Å². The molecule has 0 aliphatic carbocycles. The molecule has 0 aliphatic rings. The molecule has 4 aromatic rings. The topological polar surface area (TPSA) is 87.0 Å². The number of methoxy groups -OCH3 is 1. The van der Waals surface area contributed by atoms with E-state index in [1.807, 2.05) is 35.3 Å². The average molecular weight is 700 g/mol. The molecule has 1 unspecified atom stereocenters. The van der Waals surface area contributed by atoms with Gasteiger partial charge in [0.05, 0.1) is 28.5 Å². The highest BCUT2D eigenvalue weighted by atomic mass is 35.5. The number of nitrogens with one attached hydrogen (secondary N) is 2. The van der Waals surface area contributed by atoms with Gasteiger partial charge in [0.1, 0.15) is 11.4 Å². The first-order valence-corrected chi connectivity index (χ1v) is 17.7. The van der Waals surface area contributed by atoms with Crippen molar-refractivity contribution in [2.45, 2.75) is 90.5 Å². The summed E-state index contributed by atoms with van der Waals surface area (Å²) in [5.74, 6) is 1.09. The zero-order valence-corrected chi connectivity index (χ0v) is 29.7. The first-order valence-electron chi connectivity index (χ1n) is 16.5. The van der Waals surface area contributed by atoms with Gasteiger partial charge in [-0.1, -0.05) is 125 Å². The summed E-state index contributed by atoms with van der Waals surface area (Å²) in [7, 11) is 1.60. The lowest BCUT2D eigenvalue weighted by atomic mass is 10.0. The largest absolute Gasteiger partial charge is 0.497 e. The predicted molar refractivity (Wildman–Crippen MR) is 196 cm³/mol. The number of ether oxygens (including phenoxy) is 1. The van der Waals surface area contributed by atoms with Crippen molar-refractivity contribution in [3.63, 3.8) is 0 Å². The van der Waals surface area contributed by atoms with Gasteiger partial charge in [-0.15, -0.1) is 5.11 Å². The second-order valence-electron chi connectivity index (χ2n) is 11.6. The molecule has 0 aliphatic heterocycles. The summed E-state index contributed by atoms with van der Waals surface area (Å²) < 4.78 is 6.57. The number of azo groups is 1. The summed E-state index contributed by atoms with van der Waals surface area (Å²) in [5.41, 5.74) is 5.00. The first kappa shape index (κ1) is 36.5. The second kappa shape index (κ2) is 18.9. The highest BCUT2D eigenvalue weighted by Gasteiger charge is 2.26. The third-order valence-corrected chi connectivity index (χ3v) is 8.78. The van der Waals surface area contributed by atoms with E-state index >= 15 is 0 Å². The van der Waals surface area contributed by atoms with Crippen LogP contribution in [0.1, 0.15) is 84.5 Å². The van der Waals surface area contributed by atoms with Gasteiger partial charge in [-0.05, 0) is 61.4 Å². The monoisotopic (exact) mass is 698 g/mol. The number of anilines is 2. The zero-order chi connectivity index (χ0) is 33.6. The minimum Gasteiger partial charge on any atom is -0.497 e. The van der Waals surface area contributed by atoms with Gasteiger partial charge in [-0.3, -0.25) is 14.9 Å². The molecule has 3 aromatic carbocycles. The van der Waals surface area contributed by atoms with Crippen LogP contribution < -0.4 is 20.7 Å². The van der Waals surface area contributed by atoms with Crippen LogP contribution in [0.3, 0.4) is 0 Å². The molecule has 0 bridgehead atoms. The number of hydrazine groups is 1. The van der Waals surface area contributed by atoms with Crippen molar-refractivity contribution in [1.29, 1.82) is 0 Å². The lowest BCUT2D eigenvalue weighted by molar-refractivity contribution is 0.415. The van der Waals surface area contributed by atoms with Crippen molar-refractivity contribution in [3.8, 4) is 11.4 Å². The molecule has 11 heteroatoms. The molecular formula is C36H45Cl3N6O2. The molecule has 47 heavy (non-hydrogen) atoms. The third kappa shape index (κ3) is 10.3. The molecule has 4 rings (SSSR count). The number of benzene rings is 3. The van der Waals surface area contributed by atoms with Gasteiger partial charge in [0.2, 0.25) is 0 Å². The molecule has 0 saturated heterocycles. The van der Waals surface area contributed by atoms with E-state index in [-0.39, 0.29) is 27.5 Å². The molecular weight excluding hydrogens is 655 g/mol. The zero-order valence-electron chi connectivity index (χ0n) is 27.4. The van der Waals surface area contributed by atoms with E-state index in [9.17, 15) is 4.79 Å². The van der Waals surface area contributed by atoms with E-state index in [1.165, 1.54) is 49.6 Å². The molecule has 2 N–H and O–H groups in total. The van der Waals surface area contributed by atoms with Crippen LogP contribution in [0.2, 0.25) is 15.1 Å². The average Bonchev–Trinajstić information content (AvgIpc) is 3.38. The van der Waals surface area contributed by atoms with E-state index in [1.54, 1.807) is 43.5 Å². The maximum atomic E-state index is 14.1. The van der Waals surface area contributed by atoms with Crippen LogP contribution in [-0.2, 0) is 0 Å². The molecule has 0 amide bonds. The van der Waals surface area contributed by atoms with Crippen LogP contribution >= 0.6 is 34.8 Å². The van der Waals surface area contributed by atoms with E-state index in [0.717, 1.165) is 31.4 Å². The Morgan fingerprint density at radius 2 is 1.47 bits per heavy atom. The number of rotatable bonds is 19. The van der Waals surface area contributed by atoms with Gasteiger partial charge >= 0.3 is 5.56 Å². The Morgan fingerprint density at radius 1 is 0.830 bits per heavy atom. The van der Waals surface area contributed by atoms with Crippen molar-refractivity contribution in [1.82, 2.24) is 15.2 Å². The number of aromatic nitrogens is 2. The van der Waals surface area contributed by atoms with Crippen molar-refractivity contribution in [2.75, 3.05) is 12.1 Å². The van der Waals surface area contributed by atoms with Crippen LogP contribution in [-0.4, -0.2) is 22.9 Å². The standard InChI is InChI=1S/C36H45Cl3N6O2/c1-4-6-7-8-9-10-11-13-17-28(16-5-2)42-44(29-18-14-12-15-19-29)35-33(41-40-27-20-22-30(47-3)23-21-27)36(46)45(43-35)34-31(38)24-26(37)25-32(34)39/h12,14-15,18-25,28,42-43H,4-11,13,16-17H2,1-3H3. The minimum absolute atomic E-state index is 0.0848. The second-order valence-corrected chi connectivity index (χ2v) is 12.9. The molecule has 0 spiro atoms. The van der Waals surface area contributed by atoms with E-state index in [2.05, 4.69) is 34.6 Å². The number of para-hydroxylation sites is 1. The number of H-pyrrole nitrogens is 1. The lowest BCUT2D eigenvalue weighted by Crippen LogP contribution is -2.42. The summed E-state index contributed by atoms with van der Waals surface area (Å²) in [6, 6.07) is 20.2. The number of nitrogens with zero attached hydrogens (tertiary/aromatic N) is 4. The fourth-order valence-electron chi connectivity index (χ4n) is 5.50. The number of hydrogen-bond acceptors (Lipinski definition) is 6. The Kier molecular flexibility index (Phi) is 14.7. The summed E-state index contributed by atoms with van der Waals surface area (Å²) >= 11 is 19.4. The predicted octanol–water partition coefficient (Wildman–Crippen LogP) is 11.9. The number of halogens is 3. The van der Waals surface area contributed by atoms with E-state index in [0.29, 0.717) is 22.3 Å². The van der Waals surface area contributed by atoms with Gasteiger partial charge in [-0.2, -0.15) is 5.11 Å². The smallest absolute Gasteiger partial charge is 0.301 e. The molecule has 1 atom stereocenters. The van der Waals surface area contributed by atoms with E-state index < -0.39 is 5.56 Å². The molecule has 1 heterocycles. The molecule has 1 aromatic heterocycles. The quantitative estimate of drug-likeness (QED) is 0.0579. The molecule has 0 saturated carbocycles. The highest BCUT2D eigenvalue weighted by Crippen LogP contribution is 2.36. The highest BCUT2D eigenvalue weighted by molar-refractivity contribution is 6.40.